The number of aromatic nitrogens is 4. The van der Waals surface area contributed by atoms with E-state index in [2.05, 4.69) is 19.7 Å². The standard InChI is InChI=1S/C29H21ClF6N4O3.C2HF3O2/c1-15-10-18(27(41,22-13-37-14-40(22)2)17-6-9-21(38-12-17)28(31,32)33)11-20-24(30)23(26(42-3)39-25(15)20)16-4-7-19(8-5-16)43-29(34,35)36;3-2(4,5)1(6)7/h4-14,41H,1-3H3;(H,6,7). The fraction of sp³-hybridized carbons (Fsp3) is 0.226. The molecule has 266 valence electrons. The van der Waals surface area contributed by atoms with Gasteiger partial charge in [-0.25, -0.2) is 14.8 Å². The second-order valence-corrected chi connectivity index (χ2v) is 10.8. The molecule has 0 radical (unpaired) electrons. The van der Waals surface area contributed by atoms with E-state index in [1.165, 1.54) is 42.4 Å². The number of benzene rings is 2. The number of aliphatic carboxylic acids is 1. The molecule has 5 aromatic rings. The van der Waals surface area contributed by atoms with Gasteiger partial charge >= 0.3 is 24.7 Å². The first kappa shape index (κ1) is 37.7. The van der Waals surface area contributed by atoms with Crippen LogP contribution in [0.2, 0.25) is 5.02 Å². The van der Waals surface area contributed by atoms with E-state index >= 15 is 0 Å². The van der Waals surface area contributed by atoms with Crippen LogP contribution in [0.3, 0.4) is 0 Å². The molecule has 0 aliphatic rings. The van der Waals surface area contributed by atoms with Crippen LogP contribution in [-0.4, -0.2) is 55.3 Å². The summed E-state index contributed by atoms with van der Waals surface area (Å²) in [4.78, 5) is 21.1. The van der Waals surface area contributed by atoms with Crippen molar-refractivity contribution in [3.63, 3.8) is 0 Å². The molecule has 0 aliphatic heterocycles. The Labute approximate surface area is 280 Å². The van der Waals surface area contributed by atoms with Crippen LogP contribution in [0, 0.1) is 6.92 Å². The average Bonchev–Trinajstić information content (AvgIpc) is 3.46. The van der Waals surface area contributed by atoms with Gasteiger partial charge in [-0.15, -0.1) is 13.2 Å². The van der Waals surface area contributed by atoms with Crippen LogP contribution in [0.5, 0.6) is 11.6 Å². The number of alkyl halides is 9. The largest absolute Gasteiger partial charge is 0.573 e. The van der Waals surface area contributed by atoms with Crippen LogP contribution in [0.1, 0.15) is 28.1 Å². The third-order valence-corrected chi connectivity index (χ3v) is 7.47. The summed E-state index contributed by atoms with van der Waals surface area (Å²) in [5.74, 6) is -3.11. The van der Waals surface area contributed by atoms with Crippen LogP contribution >= 0.6 is 11.6 Å². The third kappa shape index (κ3) is 7.86. The van der Waals surface area contributed by atoms with E-state index in [0.29, 0.717) is 22.0 Å². The van der Waals surface area contributed by atoms with Crippen LogP contribution in [0.25, 0.3) is 22.0 Å². The maximum atomic E-state index is 13.3. The number of aliphatic hydroxyl groups is 1. The van der Waals surface area contributed by atoms with Gasteiger partial charge in [0.1, 0.15) is 11.4 Å². The molecule has 9 nitrogen and oxygen atoms in total. The summed E-state index contributed by atoms with van der Waals surface area (Å²) in [5.41, 5.74) is -1.15. The Hall–Kier alpha value is -5.10. The minimum absolute atomic E-state index is 0.0286. The van der Waals surface area contributed by atoms with Gasteiger partial charge in [-0.2, -0.15) is 26.3 Å². The minimum atomic E-state index is -5.08. The summed E-state index contributed by atoms with van der Waals surface area (Å²) in [7, 11) is 2.97. The van der Waals surface area contributed by atoms with Crippen molar-refractivity contribution in [1.29, 1.82) is 0 Å². The molecule has 1 unspecified atom stereocenters. The molecule has 2 aromatic carbocycles. The number of pyridine rings is 2. The molecule has 0 bridgehead atoms. The lowest BCUT2D eigenvalue weighted by Gasteiger charge is -2.30. The summed E-state index contributed by atoms with van der Waals surface area (Å²) >= 11 is 6.91. The fourth-order valence-electron chi connectivity index (χ4n) is 4.86. The van der Waals surface area contributed by atoms with E-state index in [-0.39, 0.29) is 33.3 Å². The lowest BCUT2D eigenvalue weighted by molar-refractivity contribution is -0.274. The number of halogens is 10. The number of imidazole rings is 1. The number of carboxylic acids is 1. The Bertz CT molecular complexity index is 2010. The van der Waals surface area contributed by atoms with Gasteiger partial charge in [-0.05, 0) is 47.9 Å². The number of hydrogen-bond donors (Lipinski definition) is 2. The van der Waals surface area contributed by atoms with Crippen molar-refractivity contribution in [2.75, 3.05) is 7.11 Å². The van der Waals surface area contributed by atoms with Gasteiger partial charge < -0.3 is 24.3 Å². The monoisotopic (exact) mass is 736 g/mol. The van der Waals surface area contributed by atoms with E-state index in [9.17, 15) is 44.6 Å². The zero-order valence-corrected chi connectivity index (χ0v) is 26.3. The Balaban J connectivity index is 0.000000727. The highest BCUT2D eigenvalue weighted by Crippen LogP contribution is 2.44. The van der Waals surface area contributed by atoms with E-state index in [1.807, 2.05) is 0 Å². The molecular formula is C31H22ClF9N4O5. The van der Waals surface area contributed by atoms with E-state index in [0.717, 1.165) is 30.5 Å². The molecule has 19 heteroatoms. The fourth-order valence-corrected chi connectivity index (χ4v) is 5.19. The van der Waals surface area contributed by atoms with Crippen molar-refractivity contribution in [2.45, 2.75) is 31.2 Å². The lowest BCUT2D eigenvalue weighted by atomic mass is 9.82. The molecule has 0 spiro atoms. The number of methoxy groups -OCH3 is 1. The normalized spacial score (nSPS) is 13.3. The zero-order valence-electron chi connectivity index (χ0n) is 25.5. The molecule has 0 aliphatic carbocycles. The maximum absolute atomic E-state index is 13.3. The van der Waals surface area contributed by atoms with Crippen molar-refractivity contribution in [3.05, 3.63) is 100 Å². The molecule has 0 saturated heterocycles. The summed E-state index contributed by atoms with van der Waals surface area (Å²) < 4.78 is 120. The van der Waals surface area contributed by atoms with Crippen LogP contribution in [-0.2, 0) is 23.6 Å². The number of hydrogen-bond acceptors (Lipinski definition) is 7. The molecule has 2 N–H and O–H groups in total. The number of carbonyl (C=O) groups is 1. The number of nitrogens with zero attached hydrogens (tertiary/aromatic N) is 4. The van der Waals surface area contributed by atoms with E-state index in [1.54, 1.807) is 20.0 Å². The Kier molecular flexibility index (Phi) is 10.3. The topological polar surface area (TPSA) is 120 Å². The van der Waals surface area contributed by atoms with Crippen molar-refractivity contribution < 1.29 is 64.0 Å². The molecular weight excluding hydrogens is 715 g/mol. The third-order valence-electron chi connectivity index (χ3n) is 7.07. The van der Waals surface area contributed by atoms with Crippen LogP contribution in [0.4, 0.5) is 39.5 Å². The van der Waals surface area contributed by atoms with E-state index in [4.69, 9.17) is 26.2 Å². The van der Waals surface area contributed by atoms with Crippen molar-refractivity contribution >= 4 is 28.5 Å². The minimum Gasteiger partial charge on any atom is -0.480 e. The Morgan fingerprint density at radius 3 is 2.00 bits per heavy atom. The molecule has 0 amide bonds. The molecule has 0 saturated carbocycles. The first-order chi connectivity index (χ1) is 23.1. The van der Waals surface area contributed by atoms with Gasteiger partial charge in [0.15, 0.2) is 5.60 Å². The summed E-state index contributed by atoms with van der Waals surface area (Å²) in [6.07, 6.45) is -10.9. The van der Waals surface area contributed by atoms with Gasteiger partial charge in [0, 0.05) is 24.2 Å². The predicted octanol–water partition coefficient (Wildman–Crippen LogP) is 7.84. The molecule has 3 heterocycles. The number of ether oxygens (including phenoxy) is 2. The highest BCUT2D eigenvalue weighted by molar-refractivity contribution is 6.38. The maximum Gasteiger partial charge on any atom is 0.573 e. The van der Waals surface area contributed by atoms with Gasteiger partial charge in [-0.3, -0.25) is 4.98 Å². The zero-order chi connectivity index (χ0) is 37.4. The molecule has 0 fully saturated rings. The van der Waals surface area contributed by atoms with Gasteiger partial charge in [0.05, 0.1) is 41.4 Å². The molecule has 1 atom stereocenters. The number of rotatable bonds is 6. The number of carboxylic acid groups (broad SMARTS) is 1. The second-order valence-electron chi connectivity index (χ2n) is 10.4. The number of fused-ring (bicyclic) bond motifs is 1. The summed E-state index contributed by atoms with van der Waals surface area (Å²) in [6, 6.07) is 9.99. The first-order valence-electron chi connectivity index (χ1n) is 13.7. The van der Waals surface area contributed by atoms with Crippen LogP contribution < -0.4 is 9.47 Å². The Morgan fingerprint density at radius 1 is 0.920 bits per heavy atom. The highest BCUT2D eigenvalue weighted by Gasteiger charge is 2.40. The quantitative estimate of drug-likeness (QED) is 0.169. The second kappa shape index (κ2) is 13.7. The highest BCUT2D eigenvalue weighted by atomic mass is 35.5. The first-order valence-corrected chi connectivity index (χ1v) is 14.0. The van der Waals surface area contributed by atoms with Crippen molar-refractivity contribution in [1.82, 2.24) is 19.5 Å². The van der Waals surface area contributed by atoms with Gasteiger partial charge in [0.25, 0.3) is 0 Å². The van der Waals surface area contributed by atoms with E-state index < -0.39 is 41.7 Å². The molecule has 50 heavy (non-hydrogen) atoms. The molecule has 5 rings (SSSR count). The van der Waals surface area contributed by atoms with Crippen molar-refractivity contribution in [3.8, 4) is 22.8 Å². The van der Waals surface area contributed by atoms with Gasteiger partial charge in [0.2, 0.25) is 5.88 Å². The van der Waals surface area contributed by atoms with Crippen molar-refractivity contribution in [2.24, 2.45) is 7.05 Å². The SMILES string of the molecule is COc1nc2c(C)cc(C(O)(c3ccc(C(F)(F)F)nc3)c3cncn3C)cc2c(Cl)c1-c1ccc(OC(F)(F)F)cc1.O=C(O)C(F)(F)F. The Morgan fingerprint density at radius 2 is 1.54 bits per heavy atom. The van der Waals surface area contributed by atoms with Gasteiger partial charge in [-0.1, -0.05) is 35.9 Å². The predicted molar refractivity (Wildman–Crippen MR) is 158 cm³/mol. The smallest absolute Gasteiger partial charge is 0.480 e. The molecule has 3 aromatic heterocycles. The summed E-state index contributed by atoms with van der Waals surface area (Å²) in [6.45, 7) is 1.70. The number of aryl methyl sites for hydroxylation is 2. The van der Waals surface area contributed by atoms with Crippen LogP contribution in [0.15, 0.2) is 67.3 Å². The lowest BCUT2D eigenvalue weighted by Crippen LogP contribution is -2.31. The summed E-state index contributed by atoms with van der Waals surface area (Å²) in [5, 5.41) is 19.9. The average molecular weight is 737 g/mol.